The number of aryl methyl sites for hydroxylation is 2. The van der Waals surface area contributed by atoms with Gasteiger partial charge in [0.05, 0.1) is 17.3 Å². The van der Waals surface area contributed by atoms with Gasteiger partial charge >= 0.3 is 5.97 Å². The molecule has 8 heteroatoms. The van der Waals surface area contributed by atoms with Crippen molar-refractivity contribution in [3.05, 3.63) is 88.6 Å². The van der Waals surface area contributed by atoms with E-state index >= 15 is 4.39 Å². The molecule has 0 amide bonds. The Balaban J connectivity index is 1.51. The summed E-state index contributed by atoms with van der Waals surface area (Å²) in [5.41, 5.74) is 2.16. The van der Waals surface area contributed by atoms with Crippen LogP contribution in [0.3, 0.4) is 0 Å². The molecular formula is C25H24F3N3O2. The van der Waals surface area contributed by atoms with E-state index in [9.17, 15) is 13.6 Å². The topological polar surface area (TPSA) is 66.3 Å². The van der Waals surface area contributed by atoms with Crippen LogP contribution in [-0.2, 0) is 18.8 Å². The highest BCUT2D eigenvalue weighted by molar-refractivity contribution is 5.87. The van der Waals surface area contributed by atoms with Crippen molar-refractivity contribution in [2.24, 2.45) is 0 Å². The van der Waals surface area contributed by atoms with Crippen LogP contribution in [-0.4, -0.2) is 27.6 Å². The molecule has 0 aliphatic carbocycles. The standard InChI is InChI=1S/C25H24F3N3O2/c1-25(27,28)19-11-9-17(10-12-19)21-3-2-14-31(21)23-22(26)20(29-15-30-23)13-6-16-4-7-18(8-5-16)24(32)33/h4-5,7-12,15,21H,2-3,6,13-14H2,1H3,(H,32,33). The summed E-state index contributed by atoms with van der Waals surface area (Å²) in [6.07, 6.45) is 3.80. The van der Waals surface area contributed by atoms with E-state index in [1.165, 1.54) is 30.6 Å². The van der Waals surface area contributed by atoms with E-state index in [0.29, 0.717) is 19.4 Å². The molecule has 1 aliphatic heterocycles. The molecule has 1 unspecified atom stereocenters. The van der Waals surface area contributed by atoms with Crippen LogP contribution in [0, 0.1) is 5.82 Å². The lowest BCUT2D eigenvalue weighted by Crippen LogP contribution is -2.25. The summed E-state index contributed by atoms with van der Waals surface area (Å²) < 4.78 is 42.5. The molecule has 5 nitrogen and oxygen atoms in total. The highest BCUT2D eigenvalue weighted by Crippen LogP contribution is 2.37. The van der Waals surface area contributed by atoms with Crippen LogP contribution in [0.2, 0.25) is 0 Å². The molecule has 2 heterocycles. The van der Waals surface area contributed by atoms with Crippen molar-refractivity contribution < 1.29 is 23.1 Å². The van der Waals surface area contributed by atoms with Gasteiger partial charge in [-0.25, -0.2) is 27.9 Å². The summed E-state index contributed by atoms with van der Waals surface area (Å²) in [4.78, 5) is 21.2. The number of hydrogen-bond acceptors (Lipinski definition) is 4. The van der Waals surface area contributed by atoms with Gasteiger partial charge in [-0.2, -0.15) is 0 Å². The Bertz CT molecular complexity index is 1130. The van der Waals surface area contributed by atoms with E-state index in [1.807, 2.05) is 4.90 Å². The van der Waals surface area contributed by atoms with Crippen molar-refractivity contribution in [1.29, 1.82) is 0 Å². The van der Waals surface area contributed by atoms with Gasteiger partial charge in [0.2, 0.25) is 0 Å². The summed E-state index contributed by atoms with van der Waals surface area (Å²) >= 11 is 0. The van der Waals surface area contributed by atoms with Crippen LogP contribution in [0.4, 0.5) is 19.0 Å². The highest BCUT2D eigenvalue weighted by Gasteiger charge is 2.31. The van der Waals surface area contributed by atoms with E-state index in [1.54, 1.807) is 24.3 Å². The molecule has 0 radical (unpaired) electrons. The smallest absolute Gasteiger partial charge is 0.335 e. The Labute approximate surface area is 189 Å². The van der Waals surface area contributed by atoms with Gasteiger partial charge in [-0.05, 0) is 48.9 Å². The molecule has 172 valence electrons. The Kier molecular flexibility index (Phi) is 6.35. The third kappa shape index (κ3) is 4.99. The predicted octanol–water partition coefficient (Wildman–Crippen LogP) is 5.55. The second-order valence-electron chi connectivity index (χ2n) is 8.32. The number of halogens is 3. The fourth-order valence-electron chi connectivity index (χ4n) is 4.21. The predicted molar refractivity (Wildman–Crippen MR) is 118 cm³/mol. The van der Waals surface area contributed by atoms with Crippen LogP contribution < -0.4 is 4.90 Å². The molecule has 1 aliphatic rings. The summed E-state index contributed by atoms with van der Waals surface area (Å²) in [5.74, 6) is -4.17. The minimum Gasteiger partial charge on any atom is -0.478 e. The molecule has 0 saturated carbocycles. The SMILES string of the molecule is CC(F)(F)c1ccc(C2CCCN2c2ncnc(CCc3ccc(C(=O)O)cc3)c2F)cc1. The Morgan fingerprint density at radius 3 is 2.42 bits per heavy atom. The van der Waals surface area contributed by atoms with Gasteiger partial charge in [0.25, 0.3) is 5.92 Å². The fourth-order valence-corrected chi connectivity index (χ4v) is 4.21. The summed E-state index contributed by atoms with van der Waals surface area (Å²) in [7, 11) is 0. The van der Waals surface area contributed by atoms with Gasteiger partial charge in [0.1, 0.15) is 6.33 Å². The van der Waals surface area contributed by atoms with E-state index in [4.69, 9.17) is 5.11 Å². The molecule has 1 saturated heterocycles. The van der Waals surface area contributed by atoms with Gasteiger partial charge < -0.3 is 10.0 Å². The third-order valence-electron chi connectivity index (χ3n) is 6.02. The second-order valence-corrected chi connectivity index (χ2v) is 8.32. The third-order valence-corrected chi connectivity index (χ3v) is 6.02. The van der Waals surface area contributed by atoms with Crippen LogP contribution in [0.15, 0.2) is 54.9 Å². The molecular weight excluding hydrogens is 431 g/mol. The molecule has 0 spiro atoms. The molecule has 1 atom stereocenters. The first-order valence-corrected chi connectivity index (χ1v) is 10.8. The van der Waals surface area contributed by atoms with Gasteiger partial charge in [-0.15, -0.1) is 0 Å². The average molecular weight is 455 g/mol. The Morgan fingerprint density at radius 1 is 1.09 bits per heavy atom. The van der Waals surface area contributed by atoms with E-state index in [-0.39, 0.29) is 28.7 Å². The first-order valence-electron chi connectivity index (χ1n) is 10.8. The molecule has 1 aromatic heterocycles. The summed E-state index contributed by atoms with van der Waals surface area (Å²) in [5, 5.41) is 9.00. The van der Waals surface area contributed by atoms with E-state index < -0.39 is 17.7 Å². The van der Waals surface area contributed by atoms with Crippen LogP contribution >= 0.6 is 0 Å². The van der Waals surface area contributed by atoms with E-state index in [0.717, 1.165) is 30.9 Å². The normalized spacial score (nSPS) is 16.2. The largest absolute Gasteiger partial charge is 0.478 e. The number of nitrogens with zero attached hydrogens (tertiary/aromatic N) is 3. The molecule has 1 N–H and O–H groups in total. The minimum atomic E-state index is -2.91. The zero-order valence-electron chi connectivity index (χ0n) is 18.1. The quantitative estimate of drug-likeness (QED) is 0.506. The maximum atomic E-state index is 15.4. The first kappa shape index (κ1) is 22.8. The van der Waals surface area contributed by atoms with Gasteiger partial charge in [-0.1, -0.05) is 36.4 Å². The first-order chi connectivity index (χ1) is 15.7. The van der Waals surface area contributed by atoms with Gasteiger partial charge in [0.15, 0.2) is 11.6 Å². The van der Waals surface area contributed by atoms with Crippen molar-refractivity contribution in [1.82, 2.24) is 9.97 Å². The zero-order valence-corrected chi connectivity index (χ0v) is 18.1. The molecule has 3 aromatic rings. The van der Waals surface area contributed by atoms with Gasteiger partial charge in [-0.3, -0.25) is 0 Å². The number of rotatable bonds is 7. The molecule has 0 bridgehead atoms. The number of carboxylic acids is 1. The number of aromatic carboxylic acids is 1. The van der Waals surface area contributed by atoms with Crippen molar-refractivity contribution in [2.45, 2.75) is 44.6 Å². The van der Waals surface area contributed by atoms with Crippen molar-refractivity contribution in [3.63, 3.8) is 0 Å². The lowest BCUT2D eigenvalue weighted by atomic mass is 10.0. The van der Waals surface area contributed by atoms with Crippen LogP contribution in [0.1, 0.15) is 58.5 Å². The average Bonchev–Trinajstić information content (AvgIpc) is 3.28. The van der Waals surface area contributed by atoms with Crippen LogP contribution in [0.5, 0.6) is 0 Å². The van der Waals surface area contributed by atoms with Crippen molar-refractivity contribution >= 4 is 11.8 Å². The van der Waals surface area contributed by atoms with Gasteiger partial charge in [0, 0.05) is 19.0 Å². The number of benzene rings is 2. The fraction of sp³-hybridized carbons (Fsp3) is 0.320. The Hall–Kier alpha value is -3.42. The lowest BCUT2D eigenvalue weighted by Gasteiger charge is -2.27. The Morgan fingerprint density at radius 2 is 1.79 bits per heavy atom. The van der Waals surface area contributed by atoms with Crippen LogP contribution in [0.25, 0.3) is 0 Å². The molecule has 4 rings (SSSR count). The van der Waals surface area contributed by atoms with E-state index in [2.05, 4.69) is 9.97 Å². The van der Waals surface area contributed by atoms with Crippen molar-refractivity contribution in [2.75, 3.05) is 11.4 Å². The summed E-state index contributed by atoms with van der Waals surface area (Å²) in [6, 6.07) is 12.5. The summed E-state index contributed by atoms with van der Waals surface area (Å²) in [6.45, 7) is 1.47. The second kappa shape index (κ2) is 9.21. The lowest BCUT2D eigenvalue weighted by molar-refractivity contribution is 0.0174. The number of hydrogen-bond donors (Lipinski definition) is 1. The highest BCUT2D eigenvalue weighted by atomic mass is 19.3. The number of aromatic nitrogens is 2. The van der Waals surface area contributed by atoms with Crippen molar-refractivity contribution in [3.8, 4) is 0 Å². The number of carbonyl (C=O) groups is 1. The molecule has 33 heavy (non-hydrogen) atoms. The zero-order chi connectivity index (χ0) is 23.6. The molecule has 1 fully saturated rings. The monoisotopic (exact) mass is 455 g/mol. The maximum Gasteiger partial charge on any atom is 0.335 e. The number of alkyl halides is 2. The minimum absolute atomic E-state index is 0.0531. The molecule has 2 aromatic carbocycles. The number of carboxylic acid groups (broad SMARTS) is 1. The number of anilines is 1. The maximum absolute atomic E-state index is 15.4.